The molecule has 0 bridgehead atoms. The molecule has 148 valence electrons. The second kappa shape index (κ2) is 9.50. The summed E-state index contributed by atoms with van der Waals surface area (Å²) in [7, 11) is 0. The van der Waals surface area contributed by atoms with Crippen molar-refractivity contribution in [3.05, 3.63) is 89.1 Å². The minimum absolute atomic E-state index is 0.175. The fourth-order valence-electron chi connectivity index (χ4n) is 2.74. The molecule has 0 saturated carbocycles. The molecule has 2 N–H and O–H groups in total. The molecule has 3 rings (SSSR count). The van der Waals surface area contributed by atoms with Gasteiger partial charge in [-0.1, -0.05) is 24.3 Å². The summed E-state index contributed by atoms with van der Waals surface area (Å²) in [6.07, 6.45) is 1.53. The van der Waals surface area contributed by atoms with Crippen molar-refractivity contribution in [2.24, 2.45) is 0 Å². The van der Waals surface area contributed by atoms with E-state index in [-0.39, 0.29) is 11.9 Å². The summed E-state index contributed by atoms with van der Waals surface area (Å²) in [6.45, 7) is 4.60. The van der Waals surface area contributed by atoms with Crippen LogP contribution in [0.25, 0.3) is 0 Å². The first-order chi connectivity index (χ1) is 14.1. The molecule has 0 aliphatic carbocycles. The Morgan fingerprint density at radius 3 is 2.34 bits per heavy atom. The molecule has 0 saturated heterocycles. The topological polar surface area (TPSA) is 80.3 Å². The van der Waals surface area contributed by atoms with Crippen molar-refractivity contribution in [1.82, 2.24) is 10.3 Å². The molecular weight excluding hydrogens is 366 g/mol. The zero-order chi connectivity index (χ0) is 20.6. The van der Waals surface area contributed by atoms with Crippen molar-refractivity contribution in [2.75, 3.05) is 11.9 Å². The van der Waals surface area contributed by atoms with Gasteiger partial charge in [-0.25, -0.2) is 9.78 Å². The van der Waals surface area contributed by atoms with Crippen LogP contribution in [-0.4, -0.2) is 23.5 Å². The predicted octanol–water partition coefficient (Wildman–Crippen LogP) is 4.24. The van der Waals surface area contributed by atoms with E-state index in [0.717, 1.165) is 16.8 Å². The Kier molecular flexibility index (Phi) is 6.58. The Morgan fingerprint density at radius 2 is 1.69 bits per heavy atom. The van der Waals surface area contributed by atoms with Crippen LogP contribution in [0.3, 0.4) is 0 Å². The van der Waals surface area contributed by atoms with Gasteiger partial charge in [-0.15, -0.1) is 0 Å². The first kappa shape index (κ1) is 20.1. The van der Waals surface area contributed by atoms with Gasteiger partial charge in [0, 0.05) is 18.4 Å². The highest BCUT2D eigenvalue weighted by Crippen LogP contribution is 2.16. The van der Waals surface area contributed by atoms with E-state index < -0.39 is 0 Å². The molecule has 6 nitrogen and oxygen atoms in total. The number of benzene rings is 2. The highest BCUT2D eigenvalue weighted by atomic mass is 16.5. The zero-order valence-corrected chi connectivity index (χ0v) is 16.4. The lowest BCUT2D eigenvalue weighted by atomic mass is 10.1. The monoisotopic (exact) mass is 389 g/mol. The van der Waals surface area contributed by atoms with Crippen molar-refractivity contribution in [2.45, 2.75) is 20.4 Å². The molecule has 0 fully saturated rings. The van der Waals surface area contributed by atoms with Crippen LogP contribution in [0, 0.1) is 6.92 Å². The molecule has 0 unspecified atom stereocenters. The van der Waals surface area contributed by atoms with E-state index in [2.05, 4.69) is 15.6 Å². The number of nitrogens with one attached hydrogen (secondary N) is 2. The third-order valence-corrected chi connectivity index (χ3v) is 4.39. The van der Waals surface area contributed by atoms with E-state index in [1.807, 2.05) is 31.2 Å². The Balaban J connectivity index is 1.57. The highest BCUT2D eigenvalue weighted by Gasteiger charge is 2.08. The van der Waals surface area contributed by atoms with Crippen molar-refractivity contribution >= 4 is 23.4 Å². The second-order valence-electron chi connectivity index (χ2n) is 6.46. The predicted molar refractivity (Wildman–Crippen MR) is 112 cm³/mol. The van der Waals surface area contributed by atoms with Crippen molar-refractivity contribution in [3.63, 3.8) is 0 Å². The van der Waals surface area contributed by atoms with Gasteiger partial charge in [0.15, 0.2) is 0 Å². The quantitative estimate of drug-likeness (QED) is 0.591. The van der Waals surface area contributed by atoms with Gasteiger partial charge in [0.1, 0.15) is 5.82 Å². The second-order valence-corrected chi connectivity index (χ2v) is 6.46. The Labute approximate surface area is 169 Å². The number of esters is 1. The molecule has 0 radical (unpaired) electrons. The van der Waals surface area contributed by atoms with Crippen molar-refractivity contribution < 1.29 is 14.3 Å². The van der Waals surface area contributed by atoms with Crippen LogP contribution >= 0.6 is 0 Å². The number of carbonyl (C=O) groups excluding carboxylic acids is 2. The molecule has 3 aromatic rings. The van der Waals surface area contributed by atoms with Gasteiger partial charge >= 0.3 is 5.97 Å². The van der Waals surface area contributed by atoms with Crippen LogP contribution in [0.15, 0.2) is 66.9 Å². The van der Waals surface area contributed by atoms with Crippen LogP contribution in [0.2, 0.25) is 0 Å². The summed E-state index contributed by atoms with van der Waals surface area (Å²) in [4.78, 5) is 28.3. The molecule has 0 atom stereocenters. The van der Waals surface area contributed by atoms with E-state index in [1.165, 1.54) is 6.20 Å². The molecule has 1 amide bonds. The maximum absolute atomic E-state index is 12.3. The fraction of sp³-hybridized carbons (Fsp3) is 0.174. The van der Waals surface area contributed by atoms with Gasteiger partial charge in [-0.05, 0) is 61.4 Å². The summed E-state index contributed by atoms with van der Waals surface area (Å²) in [5, 5.41) is 6.05. The molecule has 1 heterocycles. The summed E-state index contributed by atoms with van der Waals surface area (Å²) in [5.41, 5.74) is 3.98. The number of aromatic nitrogens is 1. The number of nitrogens with zero attached hydrogens (tertiary/aromatic N) is 1. The number of rotatable bonds is 7. The van der Waals surface area contributed by atoms with Crippen LogP contribution in [-0.2, 0) is 11.3 Å². The Hall–Kier alpha value is -3.67. The van der Waals surface area contributed by atoms with Crippen molar-refractivity contribution in [1.29, 1.82) is 0 Å². The highest BCUT2D eigenvalue weighted by molar-refractivity contribution is 5.94. The summed E-state index contributed by atoms with van der Waals surface area (Å²) in [5.74, 6) is 0.0775. The smallest absolute Gasteiger partial charge is 0.338 e. The number of carbonyl (C=O) groups is 2. The van der Waals surface area contributed by atoms with Gasteiger partial charge in [0.2, 0.25) is 0 Å². The maximum Gasteiger partial charge on any atom is 0.338 e. The number of amides is 1. The number of ether oxygens (including phenoxy) is 1. The fourth-order valence-corrected chi connectivity index (χ4v) is 2.74. The number of aryl methyl sites for hydroxylation is 1. The zero-order valence-electron chi connectivity index (χ0n) is 16.4. The average Bonchev–Trinajstić information content (AvgIpc) is 2.74. The van der Waals surface area contributed by atoms with Crippen LogP contribution in [0.5, 0.6) is 0 Å². The minimum Gasteiger partial charge on any atom is -0.462 e. The average molecular weight is 389 g/mol. The van der Waals surface area contributed by atoms with Gasteiger partial charge in [0.25, 0.3) is 5.91 Å². The third kappa shape index (κ3) is 5.42. The minimum atomic E-state index is -0.349. The normalized spacial score (nSPS) is 10.3. The van der Waals surface area contributed by atoms with Crippen molar-refractivity contribution in [3.8, 4) is 0 Å². The largest absolute Gasteiger partial charge is 0.462 e. The molecular formula is C23H23N3O3. The summed E-state index contributed by atoms with van der Waals surface area (Å²) >= 11 is 0. The number of pyridine rings is 1. The van der Waals surface area contributed by atoms with Gasteiger partial charge in [-0.2, -0.15) is 0 Å². The molecule has 0 aliphatic heterocycles. The summed E-state index contributed by atoms with van der Waals surface area (Å²) < 4.78 is 4.97. The van der Waals surface area contributed by atoms with Gasteiger partial charge in [0.05, 0.1) is 17.7 Å². The molecule has 0 spiro atoms. The summed E-state index contributed by atoms with van der Waals surface area (Å²) in [6, 6.07) is 18.3. The van der Waals surface area contributed by atoms with Crippen LogP contribution in [0.4, 0.5) is 11.5 Å². The standard InChI is InChI=1S/C23H23N3O3/c1-3-29-23(28)17-8-11-20(12-9-17)26-21-13-10-19(15-24-21)22(27)25-14-18-7-5-4-6-16(18)2/h4-13,15H,3,14H2,1-2H3,(H,24,26)(H,25,27). The van der Waals surface area contributed by atoms with Gasteiger partial charge in [-0.3, -0.25) is 4.79 Å². The SMILES string of the molecule is CCOC(=O)c1ccc(Nc2ccc(C(=O)NCc3ccccc3C)cn2)cc1. The number of hydrogen-bond acceptors (Lipinski definition) is 5. The molecule has 2 aromatic carbocycles. The van der Waals surface area contributed by atoms with Crippen LogP contribution < -0.4 is 10.6 Å². The van der Waals surface area contributed by atoms with E-state index >= 15 is 0 Å². The van der Waals surface area contributed by atoms with Crippen LogP contribution in [0.1, 0.15) is 38.8 Å². The first-order valence-corrected chi connectivity index (χ1v) is 9.40. The number of anilines is 2. The number of hydrogen-bond donors (Lipinski definition) is 2. The van der Waals surface area contributed by atoms with E-state index in [1.54, 1.807) is 43.3 Å². The lowest BCUT2D eigenvalue weighted by Gasteiger charge is -2.09. The lowest BCUT2D eigenvalue weighted by Crippen LogP contribution is -2.23. The molecule has 29 heavy (non-hydrogen) atoms. The van der Waals surface area contributed by atoms with Gasteiger partial charge < -0.3 is 15.4 Å². The lowest BCUT2D eigenvalue weighted by molar-refractivity contribution is 0.0526. The van der Waals surface area contributed by atoms with E-state index in [9.17, 15) is 9.59 Å². The molecule has 0 aliphatic rings. The van der Waals surface area contributed by atoms with E-state index in [0.29, 0.717) is 30.1 Å². The molecule has 1 aromatic heterocycles. The molecule has 6 heteroatoms. The first-order valence-electron chi connectivity index (χ1n) is 9.40. The van der Waals surface area contributed by atoms with E-state index in [4.69, 9.17) is 4.74 Å². The maximum atomic E-state index is 12.3. The Morgan fingerprint density at radius 1 is 0.966 bits per heavy atom. The Bertz CT molecular complexity index is 983. The third-order valence-electron chi connectivity index (χ3n) is 4.39.